The maximum atomic E-state index is 8.74. The molecule has 1 nitrogen and oxygen atoms in total. The molecule has 0 aromatic carbocycles. The highest BCUT2D eigenvalue weighted by Gasteiger charge is 2.16. The Bertz CT molecular complexity index is 326. The van der Waals surface area contributed by atoms with Gasteiger partial charge in [0.15, 0.2) is 0 Å². The molecule has 0 fully saturated rings. The number of hydrogen-bond donors (Lipinski definition) is 0. The van der Waals surface area contributed by atoms with Crippen molar-refractivity contribution in [3.8, 4) is 6.07 Å². The summed E-state index contributed by atoms with van der Waals surface area (Å²) in [4.78, 5) is 0. The third-order valence-corrected chi connectivity index (χ3v) is 2.79. The Hall–Kier alpha value is -1.29. The number of hydrogen-bond acceptors (Lipinski definition) is 1. The van der Waals surface area contributed by atoms with Gasteiger partial charge in [-0.15, -0.1) is 6.58 Å². The highest BCUT2D eigenvalue weighted by molar-refractivity contribution is 5.37. The summed E-state index contributed by atoms with van der Waals surface area (Å²) in [5.41, 5.74) is 3.51. The molecule has 1 unspecified atom stereocenters. The van der Waals surface area contributed by atoms with Crippen LogP contribution in [0.5, 0.6) is 0 Å². The first-order valence-corrected chi connectivity index (χ1v) is 5.09. The van der Waals surface area contributed by atoms with Crippen molar-refractivity contribution in [2.45, 2.75) is 33.1 Å². The van der Waals surface area contributed by atoms with Crippen LogP contribution in [0.4, 0.5) is 0 Å². The van der Waals surface area contributed by atoms with E-state index in [1.54, 1.807) is 0 Å². The quantitative estimate of drug-likeness (QED) is 0.477. The largest absolute Gasteiger partial charge is 0.193 e. The van der Waals surface area contributed by atoms with E-state index in [9.17, 15) is 0 Å². The Labute approximate surface area is 86.4 Å². The van der Waals surface area contributed by atoms with Crippen molar-refractivity contribution in [1.82, 2.24) is 0 Å². The second kappa shape index (κ2) is 4.81. The van der Waals surface area contributed by atoms with E-state index in [1.807, 2.05) is 19.1 Å². The summed E-state index contributed by atoms with van der Waals surface area (Å²) in [6.45, 7) is 7.87. The van der Waals surface area contributed by atoms with Crippen molar-refractivity contribution < 1.29 is 0 Å². The van der Waals surface area contributed by atoms with E-state index in [1.165, 1.54) is 24.0 Å². The van der Waals surface area contributed by atoms with Crippen molar-refractivity contribution in [2.75, 3.05) is 0 Å². The topological polar surface area (TPSA) is 23.8 Å². The zero-order valence-electron chi connectivity index (χ0n) is 9.01. The molecule has 1 heteroatoms. The molecule has 0 spiro atoms. The predicted octanol–water partition coefficient (Wildman–Crippen LogP) is 3.76. The van der Waals surface area contributed by atoms with E-state index in [-0.39, 0.29) is 0 Å². The van der Waals surface area contributed by atoms with Crippen LogP contribution in [0.1, 0.15) is 33.1 Å². The van der Waals surface area contributed by atoms with E-state index >= 15 is 0 Å². The molecular formula is C13H17N. The van der Waals surface area contributed by atoms with Gasteiger partial charge in [0.2, 0.25) is 0 Å². The van der Waals surface area contributed by atoms with Crippen LogP contribution in [-0.2, 0) is 0 Å². The van der Waals surface area contributed by atoms with Crippen molar-refractivity contribution >= 4 is 0 Å². The average molecular weight is 187 g/mol. The van der Waals surface area contributed by atoms with Crippen LogP contribution in [0, 0.1) is 17.2 Å². The highest BCUT2D eigenvalue weighted by Crippen LogP contribution is 2.31. The third-order valence-electron chi connectivity index (χ3n) is 2.79. The first-order valence-electron chi connectivity index (χ1n) is 5.09. The molecule has 0 amide bonds. The van der Waals surface area contributed by atoms with Gasteiger partial charge in [-0.05, 0) is 44.8 Å². The standard InChI is InChI=1S/C13H17N/c1-4-12-7-5-6-11(3)13(12)8-10(2)9-14/h4,8,12H,1,5-7H2,2-3H3/b10-8+. The minimum atomic E-state index is 0.451. The van der Waals surface area contributed by atoms with Gasteiger partial charge in [-0.1, -0.05) is 11.6 Å². The Morgan fingerprint density at radius 1 is 1.64 bits per heavy atom. The lowest BCUT2D eigenvalue weighted by molar-refractivity contribution is 0.589. The van der Waals surface area contributed by atoms with Gasteiger partial charge < -0.3 is 0 Å². The summed E-state index contributed by atoms with van der Waals surface area (Å²) < 4.78 is 0. The molecule has 1 aliphatic rings. The minimum absolute atomic E-state index is 0.451. The monoisotopic (exact) mass is 187 g/mol. The second-order valence-corrected chi connectivity index (χ2v) is 3.91. The van der Waals surface area contributed by atoms with Crippen molar-refractivity contribution in [3.05, 3.63) is 35.5 Å². The SMILES string of the molecule is C=CC1CCCC(C)=C1/C=C(\C)C#N. The summed E-state index contributed by atoms with van der Waals surface area (Å²) in [6, 6.07) is 2.17. The molecule has 0 N–H and O–H groups in total. The van der Waals surface area contributed by atoms with Crippen LogP contribution in [0.2, 0.25) is 0 Å². The second-order valence-electron chi connectivity index (χ2n) is 3.91. The fourth-order valence-corrected chi connectivity index (χ4v) is 1.94. The molecule has 0 aromatic rings. The van der Waals surface area contributed by atoms with Crippen LogP contribution < -0.4 is 0 Å². The third kappa shape index (κ3) is 2.35. The van der Waals surface area contributed by atoms with Gasteiger partial charge in [-0.3, -0.25) is 0 Å². The van der Waals surface area contributed by atoms with E-state index < -0.39 is 0 Å². The Morgan fingerprint density at radius 3 is 2.93 bits per heavy atom. The smallest absolute Gasteiger partial charge is 0.0944 e. The minimum Gasteiger partial charge on any atom is -0.193 e. The molecule has 0 radical (unpaired) electrons. The fraction of sp³-hybridized carbons (Fsp3) is 0.462. The van der Waals surface area contributed by atoms with E-state index in [0.29, 0.717) is 5.92 Å². The van der Waals surface area contributed by atoms with Crippen molar-refractivity contribution in [1.29, 1.82) is 5.26 Å². The molecule has 74 valence electrons. The first kappa shape index (κ1) is 10.8. The molecule has 0 saturated carbocycles. The van der Waals surface area contributed by atoms with Gasteiger partial charge >= 0.3 is 0 Å². The molecular weight excluding hydrogens is 170 g/mol. The lowest BCUT2D eigenvalue weighted by Gasteiger charge is -2.22. The predicted molar refractivity (Wildman–Crippen MR) is 59.6 cm³/mol. The summed E-state index contributed by atoms with van der Waals surface area (Å²) in [5.74, 6) is 0.451. The van der Waals surface area contributed by atoms with Gasteiger partial charge in [0, 0.05) is 11.5 Å². The fourth-order valence-electron chi connectivity index (χ4n) is 1.94. The van der Waals surface area contributed by atoms with Gasteiger partial charge in [-0.2, -0.15) is 5.26 Å². The number of allylic oxidation sites excluding steroid dienone is 5. The Morgan fingerprint density at radius 2 is 2.36 bits per heavy atom. The lowest BCUT2D eigenvalue weighted by atomic mass is 9.82. The molecule has 14 heavy (non-hydrogen) atoms. The molecule has 1 aliphatic carbocycles. The van der Waals surface area contributed by atoms with Gasteiger partial charge in [-0.25, -0.2) is 0 Å². The van der Waals surface area contributed by atoms with Crippen LogP contribution in [0.15, 0.2) is 35.5 Å². The molecule has 0 aromatic heterocycles. The van der Waals surface area contributed by atoms with Crippen LogP contribution >= 0.6 is 0 Å². The van der Waals surface area contributed by atoms with Gasteiger partial charge in [0.25, 0.3) is 0 Å². The van der Waals surface area contributed by atoms with Crippen LogP contribution in [0.25, 0.3) is 0 Å². The van der Waals surface area contributed by atoms with Gasteiger partial charge in [0.05, 0.1) is 6.07 Å². The summed E-state index contributed by atoms with van der Waals surface area (Å²) >= 11 is 0. The summed E-state index contributed by atoms with van der Waals surface area (Å²) in [6.07, 6.45) is 7.59. The van der Waals surface area contributed by atoms with Crippen LogP contribution in [-0.4, -0.2) is 0 Å². The molecule has 0 heterocycles. The molecule has 0 saturated heterocycles. The zero-order chi connectivity index (χ0) is 10.6. The number of rotatable bonds is 2. The highest BCUT2D eigenvalue weighted by atomic mass is 14.2. The number of nitriles is 1. The van der Waals surface area contributed by atoms with E-state index in [0.717, 1.165) is 12.0 Å². The summed E-state index contributed by atoms with van der Waals surface area (Å²) in [7, 11) is 0. The average Bonchev–Trinajstić information content (AvgIpc) is 2.20. The zero-order valence-corrected chi connectivity index (χ0v) is 9.01. The summed E-state index contributed by atoms with van der Waals surface area (Å²) in [5, 5.41) is 8.74. The van der Waals surface area contributed by atoms with Crippen molar-refractivity contribution in [2.24, 2.45) is 5.92 Å². The van der Waals surface area contributed by atoms with Gasteiger partial charge in [0.1, 0.15) is 0 Å². The van der Waals surface area contributed by atoms with Crippen molar-refractivity contribution in [3.63, 3.8) is 0 Å². The van der Waals surface area contributed by atoms with Crippen LogP contribution in [0.3, 0.4) is 0 Å². The maximum Gasteiger partial charge on any atom is 0.0944 e. The maximum absolute atomic E-state index is 8.74. The normalized spacial score (nSPS) is 23.2. The molecule has 0 bridgehead atoms. The molecule has 0 aliphatic heterocycles. The van der Waals surface area contributed by atoms with E-state index in [4.69, 9.17) is 5.26 Å². The first-order chi connectivity index (χ1) is 6.69. The Balaban J connectivity index is 3.02. The number of nitrogens with zero attached hydrogens (tertiary/aromatic N) is 1. The molecule has 1 atom stereocenters. The molecule has 1 rings (SSSR count). The lowest BCUT2D eigenvalue weighted by Crippen LogP contribution is -2.07. The Kier molecular flexibility index (Phi) is 3.71. The van der Waals surface area contributed by atoms with E-state index in [2.05, 4.69) is 19.6 Å².